The van der Waals surface area contributed by atoms with Gasteiger partial charge in [0.05, 0.1) is 0 Å². The van der Waals surface area contributed by atoms with Crippen molar-refractivity contribution in [2.24, 2.45) is 17.1 Å². The lowest BCUT2D eigenvalue weighted by Gasteiger charge is -2.41. The van der Waals surface area contributed by atoms with E-state index in [9.17, 15) is 0 Å². The van der Waals surface area contributed by atoms with E-state index in [-0.39, 0.29) is 0 Å². The maximum absolute atomic E-state index is 6.11. The summed E-state index contributed by atoms with van der Waals surface area (Å²) in [5.74, 6) is 0.850. The normalized spacial score (nSPS) is 27.9. The number of hydrogen-bond donors (Lipinski definition) is 1. The van der Waals surface area contributed by atoms with E-state index >= 15 is 0 Å². The molecule has 0 amide bonds. The van der Waals surface area contributed by atoms with Crippen LogP contribution in [0.5, 0.6) is 0 Å². The van der Waals surface area contributed by atoms with Crippen molar-refractivity contribution in [1.82, 2.24) is 4.90 Å². The predicted octanol–water partition coefficient (Wildman–Crippen LogP) is 3.38. The van der Waals surface area contributed by atoms with Crippen LogP contribution in [0.2, 0.25) is 0 Å². The van der Waals surface area contributed by atoms with Gasteiger partial charge in [-0.25, -0.2) is 0 Å². The molecule has 1 fully saturated rings. The molecule has 1 saturated carbocycles. The van der Waals surface area contributed by atoms with Crippen LogP contribution in [-0.2, 0) is 6.42 Å². The topological polar surface area (TPSA) is 29.3 Å². The first-order valence-electron chi connectivity index (χ1n) is 7.54. The van der Waals surface area contributed by atoms with Gasteiger partial charge in [0.1, 0.15) is 0 Å². The first-order valence-corrected chi connectivity index (χ1v) is 8.42. The summed E-state index contributed by atoms with van der Waals surface area (Å²) in [6.45, 7) is 5.55. The Morgan fingerprint density at radius 2 is 2.37 bits per heavy atom. The quantitative estimate of drug-likeness (QED) is 0.865. The predicted molar refractivity (Wildman–Crippen MR) is 84.6 cm³/mol. The molecule has 0 saturated heterocycles. The maximum Gasteiger partial charge on any atom is 0.00579 e. The molecule has 0 aromatic carbocycles. The third-order valence-corrected chi connectivity index (χ3v) is 5.48. The van der Waals surface area contributed by atoms with E-state index in [1.165, 1.54) is 43.5 Å². The van der Waals surface area contributed by atoms with E-state index in [0.29, 0.717) is 5.41 Å². The van der Waals surface area contributed by atoms with Crippen LogP contribution in [0.1, 0.15) is 37.5 Å². The summed E-state index contributed by atoms with van der Waals surface area (Å²) in [5.41, 5.74) is 6.49. The molecule has 1 aromatic rings. The molecule has 0 bridgehead atoms. The molecule has 1 aliphatic carbocycles. The van der Waals surface area contributed by atoms with Crippen molar-refractivity contribution in [3.05, 3.63) is 22.4 Å². The first-order chi connectivity index (χ1) is 9.13. The number of nitrogens with two attached hydrogens (primary N) is 1. The number of nitrogens with zero attached hydrogens (tertiary/aromatic N) is 1. The van der Waals surface area contributed by atoms with E-state index in [1.54, 1.807) is 0 Å². The minimum Gasteiger partial charge on any atom is -0.330 e. The SMILES string of the molecule is CC1CCCC(CN)(CN(C)CCc2cccs2)C1. The molecule has 1 heterocycles. The van der Waals surface area contributed by atoms with E-state index < -0.39 is 0 Å². The lowest BCUT2D eigenvalue weighted by Crippen LogP contribution is -2.44. The number of likely N-dealkylation sites (N-methyl/N-ethyl adjacent to an activating group) is 1. The molecule has 1 aliphatic rings. The minimum absolute atomic E-state index is 0.377. The van der Waals surface area contributed by atoms with Crippen LogP contribution in [0.3, 0.4) is 0 Å². The van der Waals surface area contributed by atoms with Crippen molar-refractivity contribution in [3.8, 4) is 0 Å². The van der Waals surface area contributed by atoms with E-state index in [2.05, 4.69) is 36.4 Å². The second-order valence-electron chi connectivity index (χ2n) is 6.47. The Hall–Kier alpha value is -0.380. The van der Waals surface area contributed by atoms with Crippen molar-refractivity contribution in [2.45, 2.75) is 39.0 Å². The molecule has 2 atom stereocenters. The van der Waals surface area contributed by atoms with Crippen LogP contribution < -0.4 is 5.73 Å². The smallest absolute Gasteiger partial charge is 0.00579 e. The average molecular weight is 280 g/mol. The van der Waals surface area contributed by atoms with Crippen LogP contribution in [0.4, 0.5) is 0 Å². The molecule has 0 radical (unpaired) electrons. The van der Waals surface area contributed by atoms with Gasteiger partial charge in [-0.05, 0) is 55.6 Å². The standard InChI is InChI=1S/C16H28N2S/c1-14-5-3-8-16(11-14,12-17)13-18(2)9-7-15-6-4-10-19-15/h4,6,10,14H,3,5,7-9,11-13,17H2,1-2H3. The molecule has 1 aromatic heterocycles. The van der Waals surface area contributed by atoms with Gasteiger partial charge in [-0.3, -0.25) is 0 Å². The Labute approximate surface area is 122 Å². The number of hydrogen-bond acceptors (Lipinski definition) is 3. The van der Waals surface area contributed by atoms with Gasteiger partial charge in [0.25, 0.3) is 0 Å². The molecule has 2 unspecified atom stereocenters. The fraction of sp³-hybridized carbons (Fsp3) is 0.750. The zero-order valence-electron chi connectivity index (χ0n) is 12.4. The highest BCUT2D eigenvalue weighted by molar-refractivity contribution is 7.09. The van der Waals surface area contributed by atoms with Gasteiger partial charge in [0.2, 0.25) is 0 Å². The lowest BCUT2D eigenvalue weighted by atomic mass is 9.70. The Balaban J connectivity index is 1.83. The van der Waals surface area contributed by atoms with Crippen LogP contribution in [0, 0.1) is 11.3 Å². The first kappa shape index (κ1) is 15.0. The molecular weight excluding hydrogens is 252 g/mol. The summed E-state index contributed by atoms with van der Waals surface area (Å²) in [6, 6.07) is 4.38. The molecule has 108 valence electrons. The molecule has 2 N–H and O–H groups in total. The summed E-state index contributed by atoms with van der Waals surface area (Å²) < 4.78 is 0. The van der Waals surface area contributed by atoms with Crippen LogP contribution in [0.25, 0.3) is 0 Å². The van der Waals surface area contributed by atoms with E-state index in [0.717, 1.165) is 19.0 Å². The summed E-state index contributed by atoms with van der Waals surface area (Å²) in [5, 5.41) is 2.17. The Morgan fingerprint density at radius 1 is 1.53 bits per heavy atom. The molecule has 3 heteroatoms. The molecule has 19 heavy (non-hydrogen) atoms. The molecule has 0 spiro atoms. The Morgan fingerprint density at radius 3 is 3.00 bits per heavy atom. The molecule has 0 aliphatic heterocycles. The summed E-state index contributed by atoms with van der Waals surface area (Å²) >= 11 is 1.86. The zero-order chi connectivity index (χ0) is 13.7. The fourth-order valence-corrected chi connectivity index (χ4v) is 4.27. The molecular formula is C16H28N2S. The fourth-order valence-electron chi connectivity index (χ4n) is 3.57. The lowest BCUT2D eigenvalue weighted by molar-refractivity contribution is 0.102. The average Bonchev–Trinajstić information content (AvgIpc) is 2.89. The van der Waals surface area contributed by atoms with Crippen LogP contribution in [0.15, 0.2) is 17.5 Å². The van der Waals surface area contributed by atoms with E-state index in [1.807, 2.05) is 11.3 Å². The summed E-state index contributed by atoms with van der Waals surface area (Å²) in [7, 11) is 2.25. The van der Waals surface area contributed by atoms with Gasteiger partial charge in [-0.1, -0.05) is 25.8 Å². The van der Waals surface area contributed by atoms with Gasteiger partial charge in [0.15, 0.2) is 0 Å². The summed E-state index contributed by atoms with van der Waals surface area (Å²) in [6.07, 6.45) is 6.55. The van der Waals surface area contributed by atoms with Gasteiger partial charge in [-0.15, -0.1) is 11.3 Å². The van der Waals surface area contributed by atoms with Gasteiger partial charge >= 0.3 is 0 Å². The van der Waals surface area contributed by atoms with Crippen molar-refractivity contribution in [1.29, 1.82) is 0 Å². The second kappa shape index (κ2) is 6.87. The highest BCUT2D eigenvalue weighted by atomic mass is 32.1. The largest absolute Gasteiger partial charge is 0.330 e. The zero-order valence-corrected chi connectivity index (χ0v) is 13.2. The van der Waals surface area contributed by atoms with Gasteiger partial charge < -0.3 is 10.6 Å². The molecule has 2 nitrogen and oxygen atoms in total. The maximum atomic E-state index is 6.11. The van der Waals surface area contributed by atoms with Crippen molar-refractivity contribution in [3.63, 3.8) is 0 Å². The van der Waals surface area contributed by atoms with Crippen molar-refractivity contribution in [2.75, 3.05) is 26.7 Å². The molecule has 2 rings (SSSR count). The Kier molecular flexibility index (Phi) is 5.43. The number of thiophene rings is 1. The van der Waals surface area contributed by atoms with Gasteiger partial charge in [0, 0.05) is 18.0 Å². The van der Waals surface area contributed by atoms with Gasteiger partial charge in [-0.2, -0.15) is 0 Å². The van der Waals surface area contributed by atoms with E-state index in [4.69, 9.17) is 5.73 Å². The van der Waals surface area contributed by atoms with Crippen LogP contribution in [-0.4, -0.2) is 31.6 Å². The third-order valence-electron chi connectivity index (χ3n) is 4.54. The third kappa shape index (κ3) is 4.30. The highest BCUT2D eigenvalue weighted by Crippen LogP contribution is 2.39. The Bertz CT molecular complexity index is 363. The number of rotatable bonds is 6. The summed E-state index contributed by atoms with van der Waals surface area (Å²) in [4.78, 5) is 3.98. The highest BCUT2D eigenvalue weighted by Gasteiger charge is 2.34. The minimum atomic E-state index is 0.377. The monoisotopic (exact) mass is 280 g/mol. The van der Waals surface area contributed by atoms with Crippen molar-refractivity contribution >= 4 is 11.3 Å². The van der Waals surface area contributed by atoms with Crippen LogP contribution >= 0.6 is 11.3 Å². The second-order valence-corrected chi connectivity index (χ2v) is 7.51. The van der Waals surface area contributed by atoms with Crippen molar-refractivity contribution < 1.29 is 0 Å².